The van der Waals surface area contributed by atoms with Crippen LogP contribution in [0.15, 0.2) is 24.3 Å². The van der Waals surface area contributed by atoms with E-state index in [4.69, 9.17) is 0 Å². The van der Waals surface area contributed by atoms with Crippen molar-refractivity contribution in [3.63, 3.8) is 0 Å². The van der Waals surface area contributed by atoms with Crippen LogP contribution in [0.3, 0.4) is 0 Å². The van der Waals surface area contributed by atoms with Crippen LogP contribution in [-0.4, -0.2) is 55.0 Å². The maximum Gasteiger partial charge on any atom is 0.317 e. The first-order valence-electron chi connectivity index (χ1n) is 9.02. The predicted octanol–water partition coefficient (Wildman–Crippen LogP) is 2.83. The smallest absolute Gasteiger partial charge is 0.317 e. The molecule has 138 valence electrons. The number of hydrogen-bond acceptors (Lipinski definition) is 3. The Morgan fingerprint density at radius 1 is 1.28 bits per heavy atom. The minimum Gasteiger partial charge on any atom is -0.331 e. The lowest BCUT2D eigenvalue weighted by Gasteiger charge is -2.36. The highest BCUT2D eigenvalue weighted by Crippen LogP contribution is 2.18. The number of urea groups is 1. The Balaban J connectivity index is 1.91. The van der Waals surface area contributed by atoms with Crippen LogP contribution in [0.1, 0.15) is 44.7 Å². The van der Waals surface area contributed by atoms with Crippen molar-refractivity contribution in [2.45, 2.75) is 45.2 Å². The fraction of sp³-hybridized carbons (Fsp3) is 0.579. The van der Waals surface area contributed by atoms with Crippen LogP contribution in [-0.2, 0) is 4.79 Å². The van der Waals surface area contributed by atoms with E-state index in [1.165, 1.54) is 0 Å². The average molecular weight is 346 g/mol. The first kappa shape index (κ1) is 19.2. The van der Waals surface area contributed by atoms with Gasteiger partial charge in [0.2, 0.25) is 5.91 Å². The van der Waals surface area contributed by atoms with Gasteiger partial charge in [0.05, 0.1) is 6.04 Å². The van der Waals surface area contributed by atoms with Crippen molar-refractivity contribution in [3.05, 3.63) is 29.8 Å². The van der Waals surface area contributed by atoms with Gasteiger partial charge in [-0.1, -0.05) is 19.1 Å². The van der Waals surface area contributed by atoms with Crippen molar-refractivity contribution in [1.82, 2.24) is 15.1 Å². The summed E-state index contributed by atoms with van der Waals surface area (Å²) in [5.74, 6) is -0.00496. The fourth-order valence-electron chi connectivity index (χ4n) is 3.03. The maximum atomic E-state index is 12.5. The zero-order valence-corrected chi connectivity index (χ0v) is 15.7. The second kappa shape index (κ2) is 8.85. The summed E-state index contributed by atoms with van der Waals surface area (Å²) in [6, 6.07) is 7.95. The first-order chi connectivity index (χ1) is 11.9. The summed E-state index contributed by atoms with van der Waals surface area (Å²) in [6.07, 6.45) is 2.63. The third kappa shape index (κ3) is 5.46. The Bertz CT molecular complexity index is 586. The third-order valence-electron chi connectivity index (χ3n) is 4.77. The predicted molar refractivity (Wildman–Crippen MR) is 101 cm³/mol. The summed E-state index contributed by atoms with van der Waals surface area (Å²) in [4.78, 5) is 28.0. The molecule has 0 bridgehead atoms. The number of anilines is 1. The molecular weight excluding hydrogens is 316 g/mol. The third-order valence-corrected chi connectivity index (χ3v) is 4.77. The molecule has 6 heteroatoms. The lowest BCUT2D eigenvalue weighted by molar-refractivity contribution is -0.115. The van der Waals surface area contributed by atoms with E-state index in [0.717, 1.165) is 37.2 Å². The zero-order chi connectivity index (χ0) is 18.4. The van der Waals surface area contributed by atoms with Gasteiger partial charge in [-0.2, -0.15) is 0 Å². The molecule has 1 aliphatic heterocycles. The molecule has 3 amide bonds. The SMILES string of the molecule is CCC(=O)Nc1ccc(C(C)NC(=O)N2CCCC(N(C)C)C2)cc1. The largest absolute Gasteiger partial charge is 0.331 e. The quantitative estimate of drug-likeness (QED) is 0.862. The van der Waals surface area contributed by atoms with E-state index < -0.39 is 0 Å². The second-order valence-electron chi connectivity index (χ2n) is 6.90. The molecule has 25 heavy (non-hydrogen) atoms. The molecule has 2 N–H and O–H groups in total. The molecule has 1 aromatic carbocycles. The summed E-state index contributed by atoms with van der Waals surface area (Å²) in [5.41, 5.74) is 1.79. The van der Waals surface area contributed by atoms with Crippen molar-refractivity contribution in [3.8, 4) is 0 Å². The minimum atomic E-state index is -0.0804. The lowest BCUT2D eigenvalue weighted by Crippen LogP contribution is -2.51. The van der Waals surface area contributed by atoms with Gasteiger partial charge in [0.25, 0.3) is 0 Å². The molecule has 1 heterocycles. The molecule has 1 aliphatic rings. The van der Waals surface area contributed by atoms with Crippen molar-refractivity contribution in [2.24, 2.45) is 0 Å². The number of amides is 3. The van der Waals surface area contributed by atoms with Gasteiger partial charge in [-0.15, -0.1) is 0 Å². The number of nitrogens with one attached hydrogen (secondary N) is 2. The van der Waals surface area contributed by atoms with Crippen LogP contribution >= 0.6 is 0 Å². The molecule has 0 spiro atoms. The highest BCUT2D eigenvalue weighted by molar-refractivity contribution is 5.90. The normalized spacial score (nSPS) is 18.8. The van der Waals surface area contributed by atoms with E-state index in [1.54, 1.807) is 0 Å². The van der Waals surface area contributed by atoms with Crippen LogP contribution in [0, 0.1) is 0 Å². The number of carbonyl (C=O) groups is 2. The molecule has 0 aliphatic carbocycles. The van der Waals surface area contributed by atoms with Gasteiger partial charge < -0.3 is 20.4 Å². The Kier molecular flexibility index (Phi) is 6.82. The number of benzene rings is 1. The number of likely N-dealkylation sites (tertiary alicyclic amines) is 1. The Morgan fingerprint density at radius 3 is 2.56 bits per heavy atom. The summed E-state index contributed by atoms with van der Waals surface area (Å²) >= 11 is 0. The number of rotatable bonds is 5. The Hall–Kier alpha value is -2.08. The topological polar surface area (TPSA) is 64.7 Å². The number of nitrogens with zero attached hydrogens (tertiary/aromatic N) is 2. The fourth-order valence-corrected chi connectivity index (χ4v) is 3.03. The summed E-state index contributed by atoms with van der Waals surface area (Å²) in [5, 5.41) is 5.90. The molecular formula is C19H30N4O2. The molecule has 2 rings (SSSR count). The molecule has 6 nitrogen and oxygen atoms in total. The van der Waals surface area contributed by atoms with Gasteiger partial charge >= 0.3 is 6.03 Å². The molecule has 0 saturated carbocycles. The Morgan fingerprint density at radius 2 is 1.96 bits per heavy atom. The highest BCUT2D eigenvalue weighted by Gasteiger charge is 2.25. The van der Waals surface area contributed by atoms with E-state index in [1.807, 2.05) is 43.0 Å². The number of piperidine rings is 1. The highest BCUT2D eigenvalue weighted by atomic mass is 16.2. The lowest BCUT2D eigenvalue weighted by atomic mass is 10.1. The molecule has 2 atom stereocenters. The average Bonchev–Trinajstić information content (AvgIpc) is 2.62. The molecule has 1 saturated heterocycles. The molecule has 0 radical (unpaired) electrons. The van der Waals surface area contributed by atoms with E-state index in [9.17, 15) is 9.59 Å². The van der Waals surface area contributed by atoms with Crippen LogP contribution in [0.4, 0.5) is 10.5 Å². The maximum absolute atomic E-state index is 12.5. The van der Waals surface area contributed by atoms with E-state index in [0.29, 0.717) is 12.5 Å². The van der Waals surface area contributed by atoms with E-state index in [-0.39, 0.29) is 18.0 Å². The summed E-state index contributed by atoms with van der Waals surface area (Å²) < 4.78 is 0. The van der Waals surface area contributed by atoms with Crippen molar-refractivity contribution < 1.29 is 9.59 Å². The summed E-state index contributed by atoms with van der Waals surface area (Å²) in [6.45, 7) is 5.38. The van der Waals surface area contributed by atoms with Crippen molar-refractivity contribution >= 4 is 17.6 Å². The van der Waals surface area contributed by atoms with E-state index in [2.05, 4.69) is 29.6 Å². The number of carbonyl (C=O) groups excluding carboxylic acids is 2. The second-order valence-corrected chi connectivity index (χ2v) is 6.90. The van der Waals surface area contributed by atoms with Gasteiger partial charge in [0.1, 0.15) is 0 Å². The van der Waals surface area contributed by atoms with Gasteiger partial charge in [-0.05, 0) is 51.6 Å². The summed E-state index contributed by atoms with van der Waals surface area (Å²) in [7, 11) is 4.13. The van der Waals surface area contributed by atoms with Gasteiger partial charge in [0.15, 0.2) is 0 Å². The van der Waals surface area contributed by atoms with Crippen LogP contribution in [0.5, 0.6) is 0 Å². The van der Waals surface area contributed by atoms with Crippen LogP contribution < -0.4 is 10.6 Å². The molecule has 1 aromatic rings. The van der Waals surface area contributed by atoms with Gasteiger partial charge in [-0.3, -0.25) is 4.79 Å². The monoisotopic (exact) mass is 346 g/mol. The van der Waals surface area contributed by atoms with Crippen LogP contribution in [0.2, 0.25) is 0 Å². The van der Waals surface area contributed by atoms with Crippen molar-refractivity contribution in [2.75, 3.05) is 32.5 Å². The van der Waals surface area contributed by atoms with Gasteiger partial charge in [-0.25, -0.2) is 4.79 Å². The first-order valence-corrected chi connectivity index (χ1v) is 9.02. The molecule has 1 fully saturated rings. The van der Waals surface area contributed by atoms with E-state index >= 15 is 0 Å². The zero-order valence-electron chi connectivity index (χ0n) is 15.7. The molecule has 2 unspecified atom stereocenters. The van der Waals surface area contributed by atoms with Gasteiger partial charge in [0, 0.05) is 31.2 Å². The standard InChI is InChI=1S/C19H30N4O2/c1-5-18(24)21-16-10-8-15(9-11-16)14(2)20-19(25)23-12-6-7-17(13-23)22(3)4/h8-11,14,17H,5-7,12-13H2,1-4H3,(H,20,25)(H,21,24). The minimum absolute atomic E-state index is 0.00496. The number of likely N-dealkylation sites (N-methyl/N-ethyl adjacent to an activating group) is 1. The number of hydrogen-bond donors (Lipinski definition) is 2. The Labute approximate surface area is 150 Å². The molecule has 0 aromatic heterocycles. The van der Waals surface area contributed by atoms with Crippen LogP contribution in [0.25, 0.3) is 0 Å². The van der Waals surface area contributed by atoms with Crippen molar-refractivity contribution in [1.29, 1.82) is 0 Å².